The molecule has 1 aromatic rings. The molecule has 4 atom stereocenters. The zero-order valence-corrected chi connectivity index (χ0v) is 34.1. The lowest BCUT2D eigenvalue weighted by atomic mass is 10.0. The van der Waals surface area contributed by atoms with Gasteiger partial charge in [-0.1, -0.05) is 184 Å². The van der Waals surface area contributed by atoms with Crippen LogP contribution in [0.4, 0.5) is 0 Å². The predicted molar refractivity (Wildman–Crippen MR) is 223 cm³/mol. The molecule has 0 aliphatic carbocycles. The molecule has 306 valence electrons. The number of aliphatic hydroxyl groups is 3. The van der Waals surface area contributed by atoms with Gasteiger partial charge < -0.3 is 30.5 Å². The van der Waals surface area contributed by atoms with E-state index in [1.807, 2.05) is 36.4 Å². The smallest absolute Gasteiger partial charge is 0.118 e. The number of nitrogens with two attached hydrogens (primary N) is 1. The Morgan fingerprint density at radius 2 is 1.11 bits per heavy atom. The first kappa shape index (κ1) is 50.6. The highest BCUT2D eigenvalue weighted by Gasteiger charge is 2.18. The summed E-state index contributed by atoms with van der Waals surface area (Å²) < 4.78 is 11.1. The first-order valence-electron chi connectivity index (χ1n) is 21.2. The van der Waals surface area contributed by atoms with Crippen LogP contribution in [0.25, 0.3) is 10.4 Å². The van der Waals surface area contributed by atoms with Crippen LogP contribution in [-0.4, -0.2) is 59.9 Å². The summed E-state index contributed by atoms with van der Waals surface area (Å²) in [5.41, 5.74) is 15.3. The van der Waals surface area contributed by atoms with E-state index in [2.05, 4.69) is 29.9 Å². The second-order valence-corrected chi connectivity index (χ2v) is 14.4. The molecule has 0 aliphatic rings. The Kier molecular flexibility index (Phi) is 37.5. The maximum absolute atomic E-state index is 9.60. The Bertz CT molecular complexity index is 1020. The second-order valence-electron chi connectivity index (χ2n) is 14.4. The Labute approximate surface area is 324 Å². The van der Waals surface area contributed by atoms with E-state index in [0.717, 1.165) is 30.6 Å². The van der Waals surface area contributed by atoms with E-state index in [9.17, 15) is 10.2 Å². The fourth-order valence-corrected chi connectivity index (χ4v) is 6.05. The molecule has 5 N–H and O–H groups in total. The summed E-state index contributed by atoms with van der Waals surface area (Å²) >= 11 is 0. The van der Waals surface area contributed by atoms with Gasteiger partial charge in [0, 0.05) is 4.91 Å². The zero-order chi connectivity index (χ0) is 39.0. The van der Waals surface area contributed by atoms with Crippen LogP contribution in [0.3, 0.4) is 0 Å². The van der Waals surface area contributed by atoms with Crippen molar-refractivity contribution in [2.75, 3.05) is 20.3 Å². The van der Waals surface area contributed by atoms with Crippen molar-refractivity contribution in [1.29, 1.82) is 0 Å². The largest absolute Gasteiger partial charge is 0.497 e. The lowest BCUT2D eigenvalue weighted by molar-refractivity contribution is 0.0403. The van der Waals surface area contributed by atoms with Gasteiger partial charge in [-0.25, -0.2) is 0 Å². The second kappa shape index (κ2) is 39.3. The predicted octanol–water partition coefficient (Wildman–Crippen LogP) is 11.4. The number of rotatable bonds is 35. The third-order valence-electron chi connectivity index (χ3n) is 9.62. The van der Waals surface area contributed by atoms with Crippen LogP contribution in [0.2, 0.25) is 0 Å². The van der Waals surface area contributed by atoms with E-state index in [1.165, 1.54) is 135 Å². The number of unbranched alkanes of at least 4 members (excludes halogenated alkanes) is 22. The molecule has 1 aromatic carbocycles. The van der Waals surface area contributed by atoms with Crippen molar-refractivity contribution in [3.63, 3.8) is 0 Å². The van der Waals surface area contributed by atoms with Gasteiger partial charge in [0.1, 0.15) is 5.75 Å². The molecule has 9 heteroatoms. The fraction of sp³-hybridized carbons (Fsp3) is 0.773. The van der Waals surface area contributed by atoms with Gasteiger partial charge in [-0.05, 0) is 48.9 Å². The van der Waals surface area contributed by atoms with Crippen LogP contribution in [0, 0.1) is 0 Å². The molecule has 0 spiro atoms. The van der Waals surface area contributed by atoms with E-state index in [-0.39, 0.29) is 13.2 Å². The molecule has 0 bridgehead atoms. The summed E-state index contributed by atoms with van der Waals surface area (Å²) in [4.78, 5) is 2.85. The van der Waals surface area contributed by atoms with E-state index in [4.69, 9.17) is 25.8 Å². The average molecular weight is 745 g/mol. The van der Waals surface area contributed by atoms with Gasteiger partial charge in [-0.15, -0.1) is 0 Å². The molecule has 53 heavy (non-hydrogen) atoms. The minimum absolute atomic E-state index is 0.177. The first-order valence-corrected chi connectivity index (χ1v) is 21.2. The summed E-state index contributed by atoms with van der Waals surface area (Å²) in [6.45, 7) is 4.46. The number of benzene rings is 1. The van der Waals surface area contributed by atoms with Crippen molar-refractivity contribution in [2.45, 2.75) is 199 Å². The van der Waals surface area contributed by atoms with Crippen LogP contribution in [0.15, 0.2) is 53.7 Å². The van der Waals surface area contributed by atoms with Crippen LogP contribution < -0.4 is 10.5 Å². The number of methoxy groups -OCH3 is 1. The molecule has 0 amide bonds. The maximum Gasteiger partial charge on any atom is 0.118 e. The number of aliphatic hydroxyl groups excluding tert-OH is 3. The van der Waals surface area contributed by atoms with Crippen molar-refractivity contribution >= 4 is 0 Å². The molecule has 9 nitrogen and oxygen atoms in total. The summed E-state index contributed by atoms with van der Waals surface area (Å²) in [5, 5.41) is 31.6. The van der Waals surface area contributed by atoms with Gasteiger partial charge in [-0.3, -0.25) is 0 Å². The number of allylic oxidation sites excluding steroid dienone is 2. The summed E-state index contributed by atoms with van der Waals surface area (Å²) in [7, 11) is 1.63. The van der Waals surface area contributed by atoms with E-state index in [1.54, 1.807) is 13.2 Å². The normalized spacial score (nSPS) is 13.7. The average Bonchev–Trinajstić information content (AvgIpc) is 3.18. The van der Waals surface area contributed by atoms with E-state index in [0.29, 0.717) is 6.61 Å². The lowest BCUT2D eigenvalue weighted by Crippen LogP contribution is -2.36. The van der Waals surface area contributed by atoms with Crippen molar-refractivity contribution in [3.8, 4) is 5.75 Å². The van der Waals surface area contributed by atoms with Gasteiger partial charge in [-0.2, -0.15) is 0 Å². The Morgan fingerprint density at radius 3 is 1.51 bits per heavy atom. The topological polar surface area (TPSA) is 154 Å². The number of nitrogens with zero attached hydrogens (tertiary/aromatic N) is 3. The number of hydrogen-bond acceptors (Lipinski definition) is 7. The Balaban J connectivity index is 0.00000112. The number of azide groups is 1. The number of ether oxygens (including phenoxy) is 2. The first-order chi connectivity index (χ1) is 26.0. The molecule has 0 fully saturated rings. The van der Waals surface area contributed by atoms with Crippen molar-refractivity contribution in [2.24, 2.45) is 10.8 Å². The highest BCUT2D eigenvalue weighted by molar-refractivity contribution is 5.26. The van der Waals surface area contributed by atoms with Gasteiger partial charge in [0.2, 0.25) is 0 Å². The van der Waals surface area contributed by atoms with E-state index >= 15 is 0 Å². The minimum atomic E-state index is -0.720. The van der Waals surface area contributed by atoms with E-state index < -0.39 is 24.3 Å². The van der Waals surface area contributed by atoms with Crippen molar-refractivity contribution < 1.29 is 24.8 Å². The summed E-state index contributed by atoms with van der Waals surface area (Å²) in [6.07, 6.45) is 37.9. The van der Waals surface area contributed by atoms with Crippen molar-refractivity contribution in [1.82, 2.24) is 0 Å². The maximum atomic E-state index is 9.60. The Morgan fingerprint density at radius 1 is 0.679 bits per heavy atom. The molecule has 0 heterocycles. The monoisotopic (exact) mass is 745 g/mol. The summed E-state index contributed by atoms with van der Waals surface area (Å²) in [6, 6.07) is 6.45. The van der Waals surface area contributed by atoms with Gasteiger partial charge in [0.25, 0.3) is 0 Å². The van der Waals surface area contributed by atoms with Crippen LogP contribution in [-0.2, 0) is 11.3 Å². The molecule has 0 saturated carbocycles. The van der Waals surface area contributed by atoms with Gasteiger partial charge in [0.15, 0.2) is 0 Å². The molecule has 0 aliphatic heterocycles. The minimum Gasteiger partial charge on any atom is -0.497 e. The molecule has 1 rings (SSSR count). The molecule has 0 unspecified atom stereocenters. The van der Waals surface area contributed by atoms with Crippen LogP contribution in [0.5, 0.6) is 5.75 Å². The summed E-state index contributed by atoms with van der Waals surface area (Å²) in [5.74, 6) is 0.791. The number of hydrogen-bond donors (Lipinski definition) is 4. The molecule has 0 radical (unpaired) electrons. The SMILES string of the molecule is CCCCCCCCCCCCC/C=C/[C@@H](O)[C@@H](N)CO.CCCCCCCCCCCCC/C=C/[C@@H](OCc1ccc(OC)cc1)[C@H](CO)N=[N+]=[N-]. The van der Waals surface area contributed by atoms with Crippen LogP contribution >= 0.6 is 0 Å². The van der Waals surface area contributed by atoms with Crippen LogP contribution in [0.1, 0.15) is 174 Å². The third-order valence-corrected chi connectivity index (χ3v) is 9.62. The highest BCUT2D eigenvalue weighted by Crippen LogP contribution is 2.17. The third kappa shape index (κ3) is 31.6. The lowest BCUT2D eigenvalue weighted by Gasteiger charge is -2.19. The fourth-order valence-electron chi connectivity index (χ4n) is 6.05. The highest BCUT2D eigenvalue weighted by atomic mass is 16.5. The zero-order valence-electron chi connectivity index (χ0n) is 34.1. The van der Waals surface area contributed by atoms with Crippen molar-refractivity contribution in [3.05, 3.63) is 64.6 Å². The van der Waals surface area contributed by atoms with Gasteiger partial charge in [0.05, 0.1) is 51.2 Å². The standard InChI is InChI=1S/C26H43N3O3.C18H37NO2/c1-3-4-5-6-7-8-9-10-11-12-13-14-15-16-26(25(21-30)28-29-27)32-22-23-17-19-24(31-2)20-18-23;1-2-3-4-5-6-7-8-9-10-11-12-13-14-15-18(21)17(19)16-20/h15-20,25-26,30H,3-14,21-22H2,1-2H3;14-15,17-18,20-21H,2-13,16,19H2,1H3/b16-15+;15-14+/t25-,26+;17-,18+/m00/s1. The quantitative estimate of drug-likeness (QED) is 0.0178. The molecule has 0 saturated heterocycles. The molecule has 0 aromatic heterocycles. The van der Waals surface area contributed by atoms with Gasteiger partial charge >= 0.3 is 0 Å². The molecular weight excluding hydrogens is 665 g/mol. The molecular formula is C44H80N4O5. The Hall–Kier alpha value is -2.39.